The molecule has 96 valence electrons. The number of aromatic nitrogens is 1. The number of hydrogen-bond acceptors (Lipinski definition) is 4. The lowest BCUT2D eigenvalue weighted by atomic mass is 10.2. The fourth-order valence-electron chi connectivity index (χ4n) is 1.91. The lowest BCUT2D eigenvalue weighted by molar-refractivity contribution is 0.288. The zero-order valence-corrected chi connectivity index (χ0v) is 10.9. The minimum Gasteiger partial charge on any atom is -0.468 e. The van der Waals surface area contributed by atoms with Gasteiger partial charge in [-0.05, 0) is 32.2 Å². The van der Waals surface area contributed by atoms with Gasteiger partial charge in [-0.2, -0.15) is 0 Å². The molecule has 4 nitrogen and oxygen atoms in total. The molecule has 0 fully saturated rings. The molecular formula is C14H19N3O. The summed E-state index contributed by atoms with van der Waals surface area (Å²) < 4.78 is 5.35. The number of hydrogen-bond donors (Lipinski definition) is 1. The van der Waals surface area contributed by atoms with Gasteiger partial charge in [0, 0.05) is 24.8 Å². The van der Waals surface area contributed by atoms with Gasteiger partial charge in [0.1, 0.15) is 11.6 Å². The van der Waals surface area contributed by atoms with E-state index >= 15 is 0 Å². The molecule has 2 rings (SSSR count). The molecule has 0 aliphatic carbocycles. The van der Waals surface area contributed by atoms with Gasteiger partial charge in [-0.3, -0.25) is 4.90 Å². The van der Waals surface area contributed by atoms with Crippen molar-refractivity contribution in [3.8, 4) is 0 Å². The lowest BCUT2D eigenvalue weighted by Gasteiger charge is -2.17. The second kappa shape index (κ2) is 6.21. The van der Waals surface area contributed by atoms with Crippen LogP contribution in [0.4, 0.5) is 5.82 Å². The maximum absolute atomic E-state index is 5.35. The number of furan rings is 1. The van der Waals surface area contributed by atoms with Gasteiger partial charge < -0.3 is 9.73 Å². The first kappa shape index (κ1) is 12.6. The molecule has 1 N–H and O–H groups in total. The zero-order valence-electron chi connectivity index (χ0n) is 10.9. The maximum atomic E-state index is 5.35. The van der Waals surface area contributed by atoms with E-state index in [-0.39, 0.29) is 0 Å². The molecule has 0 saturated carbocycles. The Kier molecular flexibility index (Phi) is 4.36. The van der Waals surface area contributed by atoms with E-state index in [0.717, 1.165) is 31.2 Å². The van der Waals surface area contributed by atoms with Crippen LogP contribution in [-0.2, 0) is 13.1 Å². The number of pyridine rings is 1. The second-order valence-electron chi connectivity index (χ2n) is 4.29. The molecule has 2 aromatic rings. The highest BCUT2D eigenvalue weighted by Gasteiger charge is 2.07. The Hall–Kier alpha value is -1.81. The van der Waals surface area contributed by atoms with Gasteiger partial charge in [0.2, 0.25) is 0 Å². The summed E-state index contributed by atoms with van der Waals surface area (Å²) in [6.45, 7) is 4.60. The van der Waals surface area contributed by atoms with Crippen LogP contribution in [0.5, 0.6) is 0 Å². The summed E-state index contributed by atoms with van der Waals surface area (Å²) in [6.07, 6.45) is 3.52. The average Bonchev–Trinajstić information content (AvgIpc) is 2.84. The molecule has 0 atom stereocenters. The molecule has 4 heteroatoms. The molecule has 0 radical (unpaired) electrons. The Morgan fingerprint density at radius 3 is 2.89 bits per heavy atom. The number of nitrogens with one attached hydrogen (secondary N) is 1. The Labute approximate surface area is 108 Å². The molecule has 0 bridgehead atoms. The predicted octanol–water partition coefficient (Wildman–Crippen LogP) is 2.74. The lowest BCUT2D eigenvalue weighted by Crippen LogP contribution is -2.18. The Morgan fingerprint density at radius 1 is 1.28 bits per heavy atom. The van der Waals surface area contributed by atoms with Crippen LogP contribution in [0, 0.1) is 0 Å². The van der Waals surface area contributed by atoms with Crippen LogP contribution in [0.1, 0.15) is 18.2 Å². The molecule has 0 aliphatic rings. The molecule has 0 aliphatic heterocycles. The molecule has 0 amide bonds. The van der Waals surface area contributed by atoms with Crippen molar-refractivity contribution in [1.82, 2.24) is 9.88 Å². The normalized spacial score (nSPS) is 10.8. The van der Waals surface area contributed by atoms with E-state index < -0.39 is 0 Å². The first-order valence-electron chi connectivity index (χ1n) is 6.18. The standard InChI is InChI=1S/C14H19N3O/c1-3-15-14-12(6-4-8-16-14)10-17(2)11-13-7-5-9-18-13/h4-9H,3,10-11H2,1-2H3,(H,15,16). The fraction of sp³-hybridized carbons (Fsp3) is 0.357. The largest absolute Gasteiger partial charge is 0.468 e. The summed E-state index contributed by atoms with van der Waals surface area (Å²) in [7, 11) is 2.07. The van der Waals surface area contributed by atoms with Gasteiger partial charge in [0.15, 0.2) is 0 Å². The van der Waals surface area contributed by atoms with Crippen LogP contribution in [0.25, 0.3) is 0 Å². The summed E-state index contributed by atoms with van der Waals surface area (Å²) in [5.41, 5.74) is 1.20. The minimum absolute atomic E-state index is 0.799. The molecule has 2 aromatic heterocycles. The van der Waals surface area contributed by atoms with Crippen molar-refractivity contribution in [2.24, 2.45) is 0 Å². The van der Waals surface area contributed by atoms with Gasteiger partial charge in [-0.25, -0.2) is 4.98 Å². The third-order valence-electron chi connectivity index (χ3n) is 2.68. The van der Waals surface area contributed by atoms with Crippen molar-refractivity contribution in [3.63, 3.8) is 0 Å². The van der Waals surface area contributed by atoms with Crippen molar-refractivity contribution in [2.45, 2.75) is 20.0 Å². The van der Waals surface area contributed by atoms with E-state index in [0.29, 0.717) is 0 Å². The Bertz CT molecular complexity index is 468. The highest BCUT2D eigenvalue weighted by molar-refractivity contribution is 5.43. The number of rotatable bonds is 6. The molecule has 0 saturated heterocycles. The predicted molar refractivity (Wildman–Crippen MR) is 72.3 cm³/mol. The Balaban J connectivity index is 2.00. The van der Waals surface area contributed by atoms with Crippen LogP contribution >= 0.6 is 0 Å². The van der Waals surface area contributed by atoms with E-state index in [9.17, 15) is 0 Å². The van der Waals surface area contributed by atoms with Crippen LogP contribution in [0.15, 0.2) is 41.1 Å². The molecule has 2 heterocycles. The zero-order chi connectivity index (χ0) is 12.8. The average molecular weight is 245 g/mol. The van der Waals surface area contributed by atoms with Crippen molar-refractivity contribution < 1.29 is 4.42 Å². The SMILES string of the molecule is CCNc1ncccc1CN(C)Cc1ccco1. The fourth-order valence-corrected chi connectivity index (χ4v) is 1.91. The van der Waals surface area contributed by atoms with E-state index in [1.807, 2.05) is 24.4 Å². The minimum atomic E-state index is 0.799. The highest BCUT2D eigenvalue weighted by Crippen LogP contribution is 2.14. The van der Waals surface area contributed by atoms with Crippen LogP contribution in [0.3, 0.4) is 0 Å². The monoisotopic (exact) mass is 245 g/mol. The third kappa shape index (κ3) is 3.34. The van der Waals surface area contributed by atoms with Crippen LogP contribution in [-0.4, -0.2) is 23.5 Å². The first-order chi connectivity index (χ1) is 8.79. The van der Waals surface area contributed by atoms with Crippen LogP contribution < -0.4 is 5.32 Å². The van der Waals surface area contributed by atoms with Gasteiger partial charge in [-0.15, -0.1) is 0 Å². The van der Waals surface area contributed by atoms with E-state index in [1.54, 1.807) is 6.26 Å². The summed E-state index contributed by atoms with van der Waals surface area (Å²) in [5.74, 6) is 1.94. The quantitative estimate of drug-likeness (QED) is 0.849. The summed E-state index contributed by atoms with van der Waals surface area (Å²) in [5, 5.41) is 3.28. The van der Waals surface area contributed by atoms with Crippen molar-refractivity contribution in [1.29, 1.82) is 0 Å². The van der Waals surface area contributed by atoms with Crippen molar-refractivity contribution in [3.05, 3.63) is 48.0 Å². The molecule has 0 unspecified atom stereocenters. The van der Waals surface area contributed by atoms with Gasteiger partial charge in [0.25, 0.3) is 0 Å². The first-order valence-corrected chi connectivity index (χ1v) is 6.18. The van der Waals surface area contributed by atoms with Gasteiger partial charge in [-0.1, -0.05) is 6.07 Å². The van der Waals surface area contributed by atoms with Crippen LogP contribution in [0.2, 0.25) is 0 Å². The van der Waals surface area contributed by atoms with Gasteiger partial charge in [0.05, 0.1) is 12.8 Å². The Morgan fingerprint density at radius 2 is 2.17 bits per heavy atom. The van der Waals surface area contributed by atoms with E-state index in [4.69, 9.17) is 4.42 Å². The summed E-state index contributed by atoms with van der Waals surface area (Å²) in [6, 6.07) is 7.97. The number of anilines is 1. The molecule has 0 spiro atoms. The van der Waals surface area contributed by atoms with E-state index in [2.05, 4.69) is 35.2 Å². The maximum Gasteiger partial charge on any atom is 0.130 e. The van der Waals surface area contributed by atoms with Gasteiger partial charge >= 0.3 is 0 Å². The third-order valence-corrected chi connectivity index (χ3v) is 2.68. The smallest absolute Gasteiger partial charge is 0.130 e. The molecular weight excluding hydrogens is 226 g/mol. The molecule has 18 heavy (non-hydrogen) atoms. The number of nitrogens with zero attached hydrogens (tertiary/aromatic N) is 2. The molecule has 0 aromatic carbocycles. The van der Waals surface area contributed by atoms with E-state index in [1.165, 1.54) is 5.56 Å². The van der Waals surface area contributed by atoms with Crippen molar-refractivity contribution >= 4 is 5.82 Å². The highest BCUT2D eigenvalue weighted by atomic mass is 16.3. The van der Waals surface area contributed by atoms with Crippen molar-refractivity contribution in [2.75, 3.05) is 18.9 Å². The summed E-state index contributed by atoms with van der Waals surface area (Å²) >= 11 is 0. The summed E-state index contributed by atoms with van der Waals surface area (Å²) in [4.78, 5) is 6.56. The topological polar surface area (TPSA) is 41.3 Å². The second-order valence-corrected chi connectivity index (χ2v) is 4.29.